The maximum Gasteiger partial charge on any atom is 0.415 e. The number of carbonyl (C=O) groups is 5. The number of imidazole rings is 1. The third kappa shape index (κ3) is 8.16. The molecule has 1 amide bonds. The Morgan fingerprint density at radius 1 is 1.10 bits per heavy atom. The van der Waals surface area contributed by atoms with E-state index in [1.165, 1.54) is 17.9 Å². The van der Waals surface area contributed by atoms with Crippen molar-refractivity contribution in [1.82, 2.24) is 19.5 Å². The van der Waals surface area contributed by atoms with E-state index in [0.29, 0.717) is 5.56 Å². The molecule has 1 aromatic carbocycles. The first-order valence-electron chi connectivity index (χ1n) is 15.0. The van der Waals surface area contributed by atoms with Gasteiger partial charge < -0.3 is 33.9 Å². The first-order valence-corrected chi connectivity index (χ1v) is 16.4. The van der Waals surface area contributed by atoms with Crippen molar-refractivity contribution in [2.45, 2.75) is 76.3 Å². The number of anilines is 1. The second-order valence-corrected chi connectivity index (χ2v) is 13.9. The lowest BCUT2D eigenvalue weighted by atomic mass is 9.91. The number of aliphatic carboxylic acids is 2. The summed E-state index contributed by atoms with van der Waals surface area (Å²) in [6.45, 7) is 6.18. The van der Waals surface area contributed by atoms with Gasteiger partial charge in [0.05, 0.1) is 12.9 Å². The van der Waals surface area contributed by atoms with Gasteiger partial charge in [0, 0.05) is 30.9 Å². The number of aromatic nitrogens is 4. The van der Waals surface area contributed by atoms with E-state index in [2.05, 4.69) is 20.9 Å². The predicted octanol–water partition coefficient (Wildman–Crippen LogP) is 3.39. The van der Waals surface area contributed by atoms with Crippen LogP contribution in [0.5, 0.6) is 0 Å². The quantitative estimate of drug-likeness (QED) is 0.0706. The van der Waals surface area contributed by atoms with Crippen LogP contribution in [0, 0.1) is 15.9 Å². The van der Waals surface area contributed by atoms with E-state index in [-0.39, 0.29) is 22.3 Å². The second kappa shape index (κ2) is 15.0. The fourth-order valence-corrected chi connectivity index (χ4v) is 5.76. The Hall–Kier alpha value is -4.58. The molecule has 0 spiro atoms. The molecule has 0 unspecified atom stereocenters. The number of rotatable bonds is 11. The molecule has 3 aromatic rings. The van der Waals surface area contributed by atoms with Crippen molar-refractivity contribution in [3.8, 4) is 12.3 Å². The highest BCUT2D eigenvalue weighted by atomic mass is 127. The van der Waals surface area contributed by atoms with Crippen molar-refractivity contribution in [3.05, 3.63) is 45.0 Å². The Morgan fingerprint density at radius 3 is 2.25 bits per heavy atom. The van der Waals surface area contributed by atoms with Crippen LogP contribution in [0.1, 0.15) is 46.4 Å². The minimum atomic E-state index is -2.87. The standard InChI is InChI=1S/C32H33ClIN5O12/c1-8-31(50-17(3)41)20(14-47-32(26(42)43,27(44)45)13-18-9-11-19(34)12-10-18)49-25(22(31)48-16(2)40)39-15-35-21-23(36-28(33)37-24(21)39)38(7)29(46)51-30(4,5)6/h1,9-12,15,20,22,25H,13-14H2,2-7H3,(H,42,43)(H,44,45)/t20-,22+,25-,31-/m1/s1. The van der Waals surface area contributed by atoms with Crippen LogP contribution in [0.15, 0.2) is 30.6 Å². The van der Waals surface area contributed by atoms with E-state index in [0.717, 1.165) is 22.3 Å². The number of carboxylic acid groups (broad SMARTS) is 2. The zero-order valence-electron chi connectivity index (χ0n) is 28.1. The monoisotopic (exact) mass is 841 g/mol. The summed E-state index contributed by atoms with van der Waals surface area (Å²) < 4.78 is 30.5. The molecule has 0 bridgehead atoms. The number of hydrogen-bond acceptors (Lipinski definition) is 13. The van der Waals surface area contributed by atoms with Gasteiger partial charge in [0.2, 0.25) is 17.0 Å². The fraction of sp³-hybridized carbons (Fsp3) is 0.438. The van der Waals surface area contributed by atoms with Crippen LogP contribution >= 0.6 is 34.2 Å². The molecule has 19 heteroatoms. The van der Waals surface area contributed by atoms with Crippen molar-refractivity contribution in [3.63, 3.8) is 0 Å². The average Bonchev–Trinajstić information content (AvgIpc) is 3.56. The predicted molar refractivity (Wildman–Crippen MR) is 185 cm³/mol. The third-order valence-electron chi connectivity index (χ3n) is 7.47. The van der Waals surface area contributed by atoms with E-state index >= 15 is 0 Å². The number of nitrogens with zero attached hydrogens (tertiary/aromatic N) is 5. The van der Waals surface area contributed by atoms with Crippen molar-refractivity contribution in [2.24, 2.45) is 0 Å². The summed E-state index contributed by atoms with van der Waals surface area (Å²) in [5.41, 5.74) is -5.80. The van der Waals surface area contributed by atoms with Crippen molar-refractivity contribution >= 4 is 81.1 Å². The Kier molecular flexibility index (Phi) is 11.5. The molecule has 0 saturated carbocycles. The largest absolute Gasteiger partial charge is 0.479 e. The lowest BCUT2D eigenvalue weighted by Gasteiger charge is -2.34. The third-order valence-corrected chi connectivity index (χ3v) is 8.36. The van der Waals surface area contributed by atoms with Crippen LogP contribution in [-0.2, 0) is 49.3 Å². The number of carbonyl (C=O) groups excluding carboxylic acids is 3. The number of terminal acetylenes is 1. The zero-order valence-corrected chi connectivity index (χ0v) is 31.0. The summed E-state index contributed by atoms with van der Waals surface area (Å²) in [5, 5.41) is 20.0. The zero-order chi connectivity index (χ0) is 38.1. The van der Waals surface area contributed by atoms with Crippen LogP contribution in [-0.4, -0.2) is 102 Å². The van der Waals surface area contributed by atoms with Gasteiger partial charge in [-0.05, 0) is 72.7 Å². The van der Waals surface area contributed by atoms with E-state index in [1.54, 1.807) is 45.0 Å². The van der Waals surface area contributed by atoms with E-state index in [9.17, 15) is 34.2 Å². The van der Waals surface area contributed by atoms with Gasteiger partial charge in [-0.3, -0.25) is 19.1 Å². The molecule has 0 radical (unpaired) electrons. The van der Waals surface area contributed by atoms with Gasteiger partial charge in [0.1, 0.15) is 11.7 Å². The molecule has 4 atom stereocenters. The maximum atomic E-state index is 12.9. The maximum absolute atomic E-state index is 12.9. The number of carboxylic acids is 2. The Morgan fingerprint density at radius 2 is 1.73 bits per heavy atom. The van der Waals surface area contributed by atoms with Crippen LogP contribution in [0.3, 0.4) is 0 Å². The topological polar surface area (TPSA) is 219 Å². The van der Waals surface area contributed by atoms with E-state index < -0.39 is 78.2 Å². The van der Waals surface area contributed by atoms with Gasteiger partial charge in [0.15, 0.2) is 23.2 Å². The van der Waals surface area contributed by atoms with E-state index in [1.807, 2.05) is 22.6 Å². The SMILES string of the molecule is C#C[C@@]1(OC(C)=O)[C@@H](COC(Cc2ccc(I)cc2)(C(=O)O)C(=O)O)O[C@@H](n2cnc3c(N(C)C(=O)OC(C)(C)C)nc(Cl)nc32)[C@@H]1OC(C)=O. The van der Waals surface area contributed by atoms with Gasteiger partial charge in [-0.25, -0.2) is 19.4 Å². The summed E-state index contributed by atoms with van der Waals surface area (Å²) in [5.74, 6) is -3.31. The van der Waals surface area contributed by atoms with Gasteiger partial charge in [-0.15, -0.1) is 6.42 Å². The van der Waals surface area contributed by atoms with Gasteiger partial charge in [-0.1, -0.05) is 18.1 Å². The highest BCUT2D eigenvalue weighted by Gasteiger charge is 2.63. The van der Waals surface area contributed by atoms with Crippen molar-refractivity contribution < 1.29 is 57.9 Å². The highest BCUT2D eigenvalue weighted by molar-refractivity contribution is 14.1. The molecule has 17 nitrogen and oxygen atoms in total. The summed E-state index contributed by atoms with van der Waals surface area (Å²) in [6.07, 6.45) is 0.835. The molecule has 1 aliphatic rings. The fourth-order valence-electron chi connectivity index (χ4n) is 5.24. The molecular weight excluding hydrogens is 809 g/mol. The molecule has 51 heavy (non-hydrogen) atoms. The second-order valence-electron chi connectivity index (χ2n) is 12.3. The number of ether oxygens (including phenoxy) is 5. The number of esters is 2. The molecule has 4 rings (SSSR count). The molecule has 0 aliphatic carbocycles. The van der Waals surface area contributed by atoms with Crippen molar-refractivity contribution in [1.29, 1.82) is 0 Å². The smallest absolute Gasteiger partial charge is 0.415 e. The summed E-state index contributed by atoms with van der Waals surface area (Å²) >= 11 is 8.31. The van der Waals surface area contributed by atoms with Crippen molar-refractivity contribution in [2.75, 3.05) is 18.6 Å². The van der Waals surface area contributed by atoms with Gasteiger partial charge in [-0.2, -0.15) is 9.97 Å². The average molecular weight is 842 g/mol. The number of amides is 1. The van der Waals surface area contributed by atoms with Crippen LogP contribution in [0.4, 0.5) is 10.6 Å². The normalized spacial score (nSPS) is 20.3. The number of hydrogen-bond donors (Lipinski definition) is 2. The van der Waals surface area contributed by atoms with E-state index in [4.69, 9.17) is 41.7 Å². The molecule has 1 saturated heterocycles. The molecule has 2 N–H and O–H groups in total. The first-order chi connectivity index (χ1) is 23.7. The lowest BCUT2D eigenvalue weighted by molar-refractivity contribution is -0.194. The molecule has 1 fully saturated rings. The summed E-state index contributed by atoms with van der Waals surface area (Å²) in [6, 6.07) is 6.40. The Labute approximate surface area is 309 Å². The van der Waals surface area contributed by atoms with Crippen LogP contribution in [0.2, 0.25) is 5.28 Å². The Bertz CT molecular complexity index is 1890. The molecule has 3 heterocycles. The minimum Gasteiger partial charge on any atom is -0.479 e. The summed E-state index contributed by atoms with van der Waals surface area (Å²) in [7, 11) is 1.36. The van der Waals surface area contributed by atoms with Gasteiger partial charge in [0.25, 0.3) is 5.60 Å². The van der Waals surface area contributed by atoms with Crippen LogP contribution < -0.4 is 4.90 Å². The minimum absolute atomic E-state index is 0.00437. The number of fused-ring (bicyclic) bond motifs is 1. The highest BCUT2D eigenvalue weighted by Crippen LogP contribution is 2.44. The molecule has 2 aromatic heterocycles. The molecule has 272 valence electrons. The van der Waals surface area contributed by atoms with Crippen LogP contribution in [0.25, 0.3) is 11.2 Å². The number of benzene rings is 1. The number of halogens is 2. The molecule has 1 aliphatic heterocycles. The van der Waals surface area contributed by atoms with Gasteiger partial charge >= 0.3 is 30.0 Å². The summed E-state index contributed by atoms with van der Waals surface area (Å²) in [4.78, 5) is 76.8. The first kappa shape index (κ1) is 39.2. The molecular formula is C32H33ClIN5O12. The lowest BCUT2D eigenvalue weighted by Crippen LogP contribution is -2.56. The Balaban J connectivity index is 1.83.